The molecule has 2 N–H and O–H groups in total. The average molecular weight is 396 g/mol. The van der Waals surface area contributed by atoms with Gasteiger partial charge in [-0.05, 0) is 31.0 Å². The van der Waals surface area contributed by atoms with E-state index >= 15 is 0 Å². The van der Waals surface area contributed by atoms with E-state index in [9.17, 15) is 14.0 Å². The van der Waals surface area contributed by atoms with Gasteiger partial charge in [0.25, 0.3) is 5.91 Å². The number of urea groups is 1. The van der Waals surface area contributed by atoms with Crippen molar-refractivity contribution >= 4 is 23.3 Å². The van der Waals surface area contributed by atoms with E-state index in [0.29, 0.717) is 17.0 Å². The van der Waals surface area contributed by atoms with Gasteiger partial charge >= 0.3 is 6.03 Å². The Bertz CT molecular complexity index is 940. The summed E-state index contributed by atoms with van der Waals surface area (Å²) >= 11 is 0. The number of amides is 3. The van der Waals surface area contributed by atoms with Crippen LogP contribution in [0.15, 0.2) is 53.5 Å². The molecule has 0 spiro atoms. The summed E-state index contributed by atoms with van der Waals surface area (Å²) in [6.45, 7) is 3.95. The molecule has 1 aliphatic rings. The van der Waals surface area contributed by atoms with Crippen LogP contribution in [0.25, 0.3) is 0 Å². The van der Waals surface area contributed by atoms with Crippen LogP contribution in [-0.2, 0) is 4.79 Å². The van der Waals surface area contributed by atoms with Crippen molar-refractivity contribution in [2.45, 2.75) is 38.9 Å². The zero-order valence-electron chi connectivity index (χ0n) is 16.8. The van der Waals surface area contributed by atoms with Gasteiger partial charge in [-0.15, -0.1) is 0 Å². The normalized spacial score (nSPS) is 16.2. The van der Waals surface area contributed by atoms with E-state index in [2.05, 4.69) is 15.6 Å². The highest BCUT2D eigenvalue weighted by Gasteiger charge is 2.31. The highest BCUT2D eigenvalue weighted by molar-refractivity contribution is 6.20. The van der Waals surface area contributed by atoms with Gasteiger partial charge in [-0.3, -0.25) is 4.79 Å². The second kappa shape index (κ2) is 8.86. The van der Waals surface area contributed by atoms with Crippen LogP contribution in [0.3, 0.4) is 0 Å². The minimum absolute atomic E-state index is 0.000764. The van der Waals surface area contributed by atoms with Gasteiger partial charge in [0, 0.05) is 24.2 Å². The molecule has 2 aromatic rings. The molecule has 0 saturated carbocycles. The molecule has 1 unspecified atom stereocenters. The summed E-state index contributed by atoms with van der Waals surface area (Å²) in [6, 6.07) is 13.0. The van der Waals surface area contributed by atoms with Crippen LogP contribution in [0, 0.1) is 5.82 Å². The van der Waals surface area contributed by atoms with Crippen LogP contribution < -0.4 is 15.5 Å². The zero-order valence-corrected chi connectivity index (χ0v) is 16.8. The molecule has 0 aliphatic carbocycles. The maximum Gasteiger partial charge on any atom is 0.317 e. The first-order valence-electron chi connectivity index (χ1n) is 9.72. The van der Waals surface area contributed by atoms with Crippen LogP contribution in [0.2, 0.25) is 0 Å². The van der Waals surface area contributed by atoms with Gasteiger partial charge in [0.15, 0.2) is 0 Å². The monoisotopic (exact) mass is 396 g/mol. The van der Waals surface area contributed by atoms with Gasteiger partial charge < -0.3 is 15.5 Å². The molecule has 1 heterocycles. The van der Waals surface area contributed by atoms with E-state index in [1.807, 2.05) is 13.8 Å². The van der Waals surface area contributed by atoms with Crippen LogP contribution in [0.1, 0.15) is 37.8 Å². The molecular weight excluding hydrogens is 371 g/mol. The lowest BCUT2D eigenvalue weighted by molar-refractivity contribution is -0.119. The van der Waals surface area contributed by atoms with E-state index in [4.69, 9.17) is 0 Å². The predicted octanol–water partition coefficient (Wildman–Crippen LogP) is 3.45. The second-order valence-electron chi connectivity index (χ2n) is 6.91. The topological polar surface area (TPSA) is 73.8 Å². The van der Waals surface area contributed by atoms with E-state index in [-0.39, 0.29) is 11.6 Å². The van der Waals surface area contributed by atoms with Crippen LogP contribution >= 0.6 is 0 Å². The summed E-state index contributed by atoms with van der Waals surface area (Å²) in [6.07, 6.45) is 0.381. The number of fused-ring (bicyclic) bond motifs is 1. The number of aliphatic imine (C=N–C) groups is 1. The number of hydrogen-bond donors (Lipinski definition) is 2. The van der Waals surface area contributed by atoms with Crippen molar-refractivity contribution in [1.29, 1.82) is 0 Å². The van der Waals surface area contributed by atoms with Crippen LogP contribution in [-0.4, -0.2) is 36.9 Å². The van der Waals surface area contributed by atoms with Crippen molar-refractivity contribution in [2.24, 2.45) is 4.99 Å². The number of rotatable bonds is 5. The largest absolute Gasteiger partial charge is 0.335 e. The molecular formula is C22H25FN4O2. The van der Waals surface area contributed by atoms with E-state index in [1.165, 1.54) is 11.0 Å². The Labute approximate surface area is 169 Å². The Balaban J connectivity index is 2.04. The van der Waals surface area contributed by atoms with Crippen LogP contribution in [0.5, 0.6) is 0 Å². The quantitative estimate of drug-likeness (QED) is 0.812. The lowest BCUT2D eigenvalue weighted by Gasteiger charge is -2.22. The Hall–Kier alpha value is -3.22. The number of hydrogen-bond acceptors (Lipinski definition) is 3. The third-order valence-electron chi connectivity index (χ3n) is 5.06. The van der Waals surface area contributed by atoms with E-state index in [1.54, 1.807) is 49.5 Å². The molecule has 6 nitrogen and oxygen atoms in total. The predicted molar refractivity (Wildman–Crippen MR) is 112 cm³/mol. The van der Waals surface area contributed by atoms with Gasteiger partial charge in [0.05, 0.1) is 11.4 Å². The number of likely N-dealkylation sites (N-methyl/N-ethyl adjacent to an activating group) is 1. The molecule has 0 saturated heterocycles. The summed E-state index contributed by atoms with van der Waals surface area (Å²) in [7, 11) is 1.62. The molecule has 3 amide bonds. The summed E-state index contributed by atoms with van der Waals surface area (Å²) in [5.74, 6) is -0.846. The first kappa shape index (κ1) is 20.5. The first-order valence-corrected chi connectivity index (χ1v) is 9.72. The Morgan fingerprint density at radius 1 is 1.10 bits per heavy atom. The zero-order chi connectivity index (χ0) is 21.0. The fourth-order valence-corrected chi connectivity index (χ4v) is 3.33. The lowest BCUT2D eigenvalue weighted by Crippen LogP contribution is -2.51. The SMILES string of the molecule is CCC(CC)NC(=O)NC1N=C(c2ccccc2F)c2ccccc2N(C)C1=O. The number of benzene rings is 2. The Morgan fingerprint density at radius 3 is 2.38 bits per heavy atom. The third-order valence-corrected chi connectivity index (χ3v) is 5.06. The average Bonchev–Trinajstić information content (AvgIpc) is 2.83. The first-order chi connectivity index (χ1) is 14.0. The number of nitrogens with zero attached hydrogens (tertiary/aromatic N) is 2. The molecule has 0 bridgehead atoms. The van der Waals surface area contributed by atoms with Crippen molar-refractivity contribution in [2.75, 3.05) is 11.9 Å². The maximum absolute atomic E-state index is 14.6. The standard InChI is InChI=1S/C22H25FN4O2/c1-4-14(5-2)24-22(29)26-20-21(28)27(3)18-13-9-7-11-16(18)19(25-20)15-10-6-8-12-17(15)23/h6-14,20H,4-5H2,1-3H3,(H2,24,26,29). The summed E-state index contributed by atoms with van der Waals surface area (Å²) < 4.78 is 14.6. The Morgan fingerprint density at radius 2 is 1.72 bits per heavy atom. The molecule has 3 rings (SSSR count). The number of carbonyl (C=O) groups is 2. The fraction of sp³-hybridized carbons (Fsp3) is 0.318. The second-order valence-corrected chi connectivity index (χ2v) is 6.91. The number of halogens is 1. The smallest absolute Gasteiger partial charge is 0.317 e. The van der Waals surface area contributed by atoms with Crippen molar-refractivity contribution in [3.63, 3.8) is 0 Å². The van der Waals surface area contributed by atoms with Gasteiger partial charge in [0.1, 0.15) is 5.82 Å². The fourth-order valence-electron chi connectivity index (χ4n) is 3.33. The van der Waals surface area contributed by atoms with Crippen LogP contribution in [0.4, 0.5) is 14.9 Å². The maximum atomic E-state index is 14.6. The number of benzodiazepines with no additional fused rings is 1. The minimum atomic E-state index is -1.17. The van der Waals surface area contributed by atoms with Crippen molar-refractivity contribution in [1.82, 2.24) is 10.6 Å². The molecule has 29 heavy (non-hydrogen) atoms. The highest BCUT2D eigenvalue weighted by atomic mass is 19.1. The van der Waals surface area contributed by atoms with Crippen molar-refractivity contribution < 1.29 is 14.0 Å². The summed E-state index contributed by atoms with van der Waals surface area (Å²) in [4.78, 5) is 31.4. The number of anilines is 1. The number of nitrogens with one attached hydrogen (secondary N) is 2. The van der Waals surface area contributed by atoms with Gasteiger partial charge in [0.2, 0.25) is 6.17 Å². The summed E-state index contributed by atoms with van der Waals surface area (Å²) in [5.41, 5.74) is 1.82. The van der Waals surface area contributed by atoms with Gasteiger partial charge in [-0.2, -0.15) is 0 Å². The van der Waals surface area contributed by atoms with Crippen molar-refractivity contribution in [3.05, 3.63) is 65.5 Å². The molecule has 2 aromatic carbocycles. The van der Waals surface area contributed by atoms with Gasteiger partial charge in [-0.1, -0.05) is 44.2 Å². The van der Waals surface area contributed by atoms with Gasteiger partial charge in [-0.25, -0.2) is 14.2 Å². The van der Waals surface area contributed by atoms with E-state index < -0.39 is 23.9 Å². The molecule has 0 aromatic heterocycles. The van der Waals surface area contributed by atoms with E-state index in [0.717, 1.165) is 12.8 Å². The molecule has 1 aliphatic heterocycles. The highest BCUT2D eigenvalue weighted by Crippen LogP contribution is 2.27. The molecule has 0 radical (unpaired) electrons. The lowest BCUT2D eigenvalue weighted by atomic mass is 10.00. The molecule has 7 heteroatoms. The minimum Gasteiger partial charge on any atom is -0.335 e. The van der Waals surface area contributed by atoms with Crippen molar-refractivity contribution in [3.8, 4) is 0 Å². The molecule has 152 valence electrons. The summed E-state index contributed by atoms with van der Waals surface area (Å²) in [5, 5.41) is 5.48. The Kier molecular flexibility index (Phi) is 6.26. The third kappa shape index (κ3) is 4.29. The molecule has 0 fully saturated rings. The number of para-hydroxylation sites is 1. The number of carbonyl (C=O) groups excluding carboxylic acids is 2. The molecule has 1 atom stereocenters.